The van der Waals surface area contributed by atoms with Crippen LogP contribution < -0.4 is 0 Å². The molecule has 2 aliphatic carbocycles. The van der Waals surface area contributed by atoms with Gasteiger partial charge in [0.05, 0.1) is 0 Å². The van der Waals surface area contributed by atoms with Crippen LogP contribution in [0.2, 0.25) is 0 Å². The molecule has 11 aromatic carbocycles. The first-order valence-corrected chi connectivity index (χ1v) is 21.4. The minimum absolute atomic E-state index is 0.0882. The molecule has 0 aromatic heterocycles. The summed E-state index contributed by atoms with van der Waals surface area (Å²) in [6.07, 6.45) is 0. The smallest absolute Gasteiger partial charge is 0.0165 e. The second-order valence-electron chi connectivity index (χ2n) is 18.4. The number of fused-ring (bicyclic) bond motifs is 19. The van der Waals surface area contributed by atoms with E-state index < -0.39 is 0 Å². The Labute approximate surface area is 350 Å². The van der Waals surface area contributed by atoms with Gasteiger partial charge in [0, 0.05) is 10.8 Å². The summed E-state index contributed by atoms with van der Waals surface area (Å²) < 4.78 is 0. The maximum absolute atomic E-state index is 2.47. The lowest BCUT2D eigenvalue weighted by Gasteiger charge is -2.25. The first-order valence-electron chi connectivity index (χ1n) is 21.4. The molecular weight excluding hydrogens is 721 g/mol. The first-order chi connectivity index (χ1) is 29.3. The van der Waals surface area contributed by atoms with Crippen LogP contribution in [-0.4, -0.2) is 0 Å². The van der Waals surface area contributed by atoms with Crippen LogP contribution in [0.25, 0.3) is 109 Å². The van der Waals surface area contributed by atoms with E-state index in [4.69, 9.17) is 0 Å². The van der Waals surface area contributed by atoms with E-state index in [0.717, 1.165) is 0 Å². The van der Waals surface area contributed by atoms with E-state index in [-0.39, 0.29) is 10.8 Å². The van der Waals surface area contributed by atoms with Crippen molar-refractivity contribution in [1.82, 2.24) is 0 Å². The minimum atomic E-state index is -0.145. The zero-order valence-corrected chi connectivity index (χ0v) is 34.3. The third-order valence-corrected chi connectivity index (χ3v) is 14.6. The molecule has 11 aromatic rings. The van der Waals surface area contributed by atoms with Gasteiger partial charge in [0.25, 0.3) is 0 Å². The van der Waals surface area contributed by atoms with Crippen molar-refractivity contribution in [3.63, 3.8) is 0 Å². The van der Waals surface area contributed by atoms with E-state index in [1.165, 1.54) is 131 Å². The van der Waals surface area contributed by atoms with Gasteiger partial charge in [-0.15, -0.1) is 0 Å². The van der Waals surface area contributed by atoms with Gasteiger partial charge in [-0.1, -0.05) is 185 Å². The highest BCUT2D eigenvalue weighted by atomic mass is 14.4. The van der Waals surface area contributed by atoms with Crippen LogP contribution in [0.4, 0.5) is 0 Å². The Morgan fingerprint density at radius 3 is 1.05 bits per heavy atom. The molecular formula is C60H42. The average molecular weight is 763 g/mol. The van der Waals surface area contributed by atoms with Crippen LogP contribution in [0.5, 0.6) is 0 Å². The molecule has 0 bridgehead atoms. The average Bonchev–Trinajstić information content (AvgIpc) is 3.67. The SMILES string of the molecule is CC1(C)c2ccc(-c3ccc4c(c3)-c3ccc5c6ccccc6c6ccccc6c5c3C4(C)C)cc2-c2cc(-c3ccc4c5ccccc5c5ccccc5c4c3)ccc21. The molecule has 0 nitrogen and oxygen atoms in total. The molecule has 0 heterocycles. The van der Waals surface area contributed by atoms with Gasteiger partial charge in [-0.25, -0.2) is 0 Å². The molecule has 0 amide bonds. The first kappa shape index (κ1) is 33.9. The summed E-state index contributed by atoms with van der Waals surface area (Å²) in [6.45, 7) is 9.62. The zero-order valence-electron chi connectivity index (χ0n) is 34.3. The lowest BCUT2D eigenvalue weighted by molar-refractivity contribution is 0.660. The van der Waals surface area contributed by atoms with Gasteiger partial charge in [-0.05, 0) is 156 Å². The highest BCUT2D eigenvalue weighted by Crippen LogP contribution is 2.55. The molecule has 282 valence electrons. The van der Waals surface area contributed by atoms with Gasteiger partial charge in [0.2, 0.25) is 0 Å². The van der Waals surface area contributed by atoms with Gasteiger partial charge < -0.3 is 0 Å². The van der Waals surface area contributed by atoms with E-state index in [2.05, 4.69) is 210 Å². The van der Waals surface area contributed by atoms with Gasteiger partial charge in [0.1, 0.15) is 0 Å². The second kappa shape index (κ2) is 11.8. The van der Waals surface area contributed by atoms with E-state index in [9.17, 15) is 0 Å². The van der Waals surface area contributed by atoms with Crippen LogP contribution in [0.15, 0.2) is 182 Å². The van der Waals surface area contributed by atoms with Crippen molar-refractivity contribution in [1.29, 1.82) is 0 Å². The molecule has 0 heteroatoms. The Hall–Kier alpha value is -7.02. The Morgan fingerprint density at radius 2 is 0.567 bits per heavy atom. The van der Waals surface area contributed by atoms with Crippen molar-refractivity contribution in [2.75, 3.05) is 0 Å². The van der Waals surface area contributed by atoms with Crippen LogP contribution in [0, 0.1) is 0 Å². The predicted molar refractivity (Wildman–Crippen MR) is 257 cm³/mol. The summed E-state index contributed by atoms with van der Waals surface area (Å²) in [6, 6.07) is 69.1. The largest absolute Gasteiger partial charge is 0.0616 e. The predicted octanol–water partition coefficient (Wildman–Crippen LogP) is 16.6. The van der Waals surface area contributed by atoms with Crippen molar-refractivity contribution in [3.05, 3.63) is 204 Å². The highest BCUT2D eigenvalue weighted by Gasteiger charge is 2.39. The molecule has 0 fully saturated rings. The van der Waals surface area contributed by atoms with E-state index in [0.29, 0.717) is 0 Å². The molecule has 0 aliphatic heterocycles. The normalized spacial score (nSPS) is 14.6. The number of hydrogen-bond donors (Lipinski definition) is 0. The second-order valence-corrected chi connectivity index (χ2v) is 18.4. The number of hydrogen-bond acceptors (Lipinski definition) is 0. The molecule has 60 heavy (non-hydrogen) atoms. The Balaban J connectivity index is 0.954. The molecule has 0 spiro atoms. The fraction of sp³-hybridized carbons (Fsp3) is 0.100. The molecule has 13 rings (SSSR count). The van der Waals surface area contributed by atoms with Crippen LogP contribution >= 0.6 is 0 Å². The van der Waals surface area contributed by atoms with Crippen molar-refractivity contribution in [2.24, 2.45) is 0 Å². The van der Waals surface area contributed by atoms with Crippen LogP contribution in [0.1, 0.15) is 49.9 Å². The highest BCUT2D eigenvalue weighted by molar-refractivity contribution is 6.28. The summed E-state index contributed by atoms with van der Waals surface area (Å²) in [5.74, 6) is 0. The van der Waals surface area contributed by atoms with E-state index in [1.54, 1.807) is 0 Å². The van der Waals surface area contributed by atoms with Crippen molar-refractivity contribution < 1.29 is 0 Å². The van der Waals surface area contributed by atoms with Crippen LogP contribution in [0.3, 0.4) is 0 Å². The van der Waals surface area contributed by atoms with Crippen molar-refractivity contribution in [3.8, 4) is 44.5 Å². The Kier molecular flexibility index (Phi) is 6.67. The summed E-state index contributed by atoms with van der Waals surface area (Å²) in [4.78, 5) is 0. The lowest BCUT2D eigenvalue weighted by Crippen LogP contribution is -2.15. The Bertz CT molecular complexity index is 3630. The van der Waals surface area contributed by atoms with Gasteiger partial charge in [-0.2, -0.15) is 0 Å². The molecule has 0 N–H and O–H groups in total. The molecule has 0 saturated heterocycles. The molecule has 0 saturated carbocycles. The quantitative estimate of drug-likeness (QED) is 0.154. The van der Waals surface area contributed by atoms with E-state index in [1.807, 2.05) is 0 Å². The van der Waals surface area contributed by atoms with Crippen molar-refractivity contribution >= 4 is 64.6 Å². The topological polar surface area (TPSA) is 0 Å². The van der Waals surface area contributed by atoms with Crippen LogP contribution in [-0.2, 0) is 10.8 Å². The molecule has 2 aliphatic rings. The Morgan fingerprint density at radius 1 is 0.250 bits per heavy atom. The summed E-state index contributed by atoms with van der Waals surface area (Å²) >= 11 is 0. The molecule has 0 unspecified atom stereocenters. The fourth-order valence-electron chi connectivity index (χ4n) is 11.7. The lowest BCUT2D eigenvalue weighted by atomic mass is 9.78. The maximum Gasteiger partial charge on any atom is 0.0165 e. The maximum atomic E-state index is 2.47. The van der Waals surface area contributed by atoms with Gasteiger partial charge in [-0.3, -0.25) is 0 Å². The van der Waals surface area contributed by atoms with Gasteiger partial charge >= 0.3 is 0 Å². The van der Waals surface area contributed by atoms with E-state index >= 15 is 0 Å². The summed E-state index contributed by atoms with van der Waals surface area (Å²) in [5, 5.41) is 15.9. The zero-order chi connectivity index (χ0) is 40.1. The molecule has 0 radical (unpaired) electrons. The number of rotatable bonds is 2. The summed E-state index contributed by atoms with van der Waals surface area (Å²) in [7, 11) is 0. The van der Waals surface area contributed by atoms with Crippen molar-refractivity contribution in [2.45, 2.75) is 38.5 Å². The number of benzene rings is 11. The third-order valence-electron chi connectivity index (χ3n) is 14.6. The molecule has 0 atom stereocenters. The summed E-state index contributed by atoms with van der Waals surface area (Å²) in [5.41, 5.74) is 15.8. The van der Waals surface area contributed by atoms with Gasteiger partial charge in [0.15, 0.2) is 0 Å². The monoisotopic (exact) mass is 762 g/mol. The minimum Gasteiger partial charge on any atom is -0.0616 e. The fourth-order valence-corrected chi connectivity index (χ4v) is 11.7. The third kappa shape index (κ3) is 4.41. The standard InChI is InChI=1S/C60H42/c1-59(2)54-28-22-37(35-21-25-46-41-15-6-5-13-39(41)40-14-8-10-19-45(40)50(46)31-35)33-52(54)53-34-38(23-29-55(53)59)36-24-30-56-51(32-36)49-27-26-48-44-18-9-7-16-42(44)43-17-11-12-20-47(43)57(48)58(49)60(56,3)4/h5-34H,1-4H3.